The summed E-state index contributed by atoms with van der Waals surface area (Å²) in [5.74, 6) is 0. The molecule has 0 aliphatic heterocycles. The highest BCUT2D eigenvalue weighted by Gasteiger charge is 1.95. The van der Waals surface area contributed by atoms with Gasteiger partial charge in [-0.3, -0.25) is 0 Å². The lowest BCUT2D eigenvalue weighted by Crippen LogP contribution is -1.88. The van der Waals surface area contributed by atoms with Gasteiger partial charge in [0.25, 0.3) is 0 Å². The maximum atomic E-state index is 7.13. The summed E-state index contributed by atoms with van der Waals surface area (Å²) < 4.78 is 0. The number of benzene rings is 1. The molecular formula is C10H12N2. The smallest absolute Gasteiger partial charge is 0.0320 e. The van der Waals surface area contributed by atoms with Crippen LogP contribution in [0, 0.1) is 5.41 Å². The van der Waals surface area contributed by atoms with E-state index in [-0.39, 0.29) is 0 Å². The molecule has 0 atom stereocenters. The molecule has 0 saturated heterocycles. The molecule has 0 aliphatic carbocycles. The number of nitrogens with one attached hydrogen (secondary N) is 1. The lowest BCUT2D eigenvalue weighted by molar-refractivity contribution is 1.55. The van der Waals surface area contributed by atoms with Crippen molar-refractivity contribution in [1.82, 2.24) is 0 Å². The summed E-state index contributed by atoms with van der Waals surface area (Å²) in [5, 5.41) is 7.13. The van der Waals surface area contributed by atoms with E-state index in [9.17, 15) is 0 Å². The summed E-state index contributed by atoms with van der Waals surface area (Å²) in [6.45, 7) is 1.91. The van der Waals surface area contributed by atoms with Crippen LogP contribution in [-0.2, 0) is 0 Å². The standard InChI is InChI=1S/C10H12N2/c1-2-8(7-11)9-4-3-5-10(12)6-9/h2-7,11H,12H2,1H3. The van der Waals surface area contributed by atoms with Crippen molar-refractivity contribution in [2.75, 3.05) is 5.73 Å². The van der Waals surface area contributed by atoms with Gasteiger partial charge in [-0.05, 0) is 30.2 Å². The highest BCUT2D eigenvalue weighted by Crippen LogP contribution is 2.14. The Labute approximate surface area is 72.2 Å². The number of rotatable bonds is 2. The molecule has 0 bridgehead atoms. The van der Waals surface area contributed by atoms with E-state index in [1.165, 1.54) is 6.21 Å². The van der Waals surface area contributed by atoms with Gasteiger partial charge in [-0.2, -0.15) is 0 Å². The fraction of sp³-hybridized carbons (Fsp3) is 0.100. The van der Waals surface area contributed by atoms with Gasteiger partial charge in [-0.15, -0.1) is 0 Å². The van der Waals surface area contributed by atoms with Crippen molar-refractivity contribution < 1.29 is 0 Å². The van der Waals surface area contributed by atoms with Crippen LogP contribution in [-0.4, -0.2) is 6.21 Å². The lowest BCUT2D eigenvalue weighted by atomic mass is 10.1. The Kier molecular flexibility index (Phi) is 2.64. The summed E-state index contributed by atoms with van der Waals surface area (Å²) in [6.07, 6.45) is 3.22. The van der Waals surface area contributed by atoms with Crippen LogP contribution in [0.15, 0.2) is 30.3 Å². The van der Waals surface area contributed by atoms with E-state index in [2.05, 4.69) is 0 Å². The van der Waals surface area contributed by atoms with Crippen LogP contribution in [0.2, 0.25) is 0 Å². The number of nitrogens with two attached hydrogens (primary N) is 1. The fourth-order valence-electron chi connectivity index (χ4n) is 1.05. The van der Waals surface area contributed by atoms with Crippen molar-refractivity contribution in [2.24, 2.45) is 0 Å². The van der Waals surface area contributed by atoms with Crippen molar-refractivity contribution in [2.45, 2.75) is 6.92 Å². The molecule has 0 saturated carbocycles. The Morgan fingerprint density at radius 1 is 1.50 bits per heavy atom. The molecule has 0 radical (unpaired) electrons. The Morgan fingerprint density at radius 3 is 2.75 bits per heavy atom. The average Bonchev–Trinajstić information content (AvgIpc) is 2.07. The van der Waals surface area contributed by atoms with Crippen molar-refractivity contribution in [3.05, 3.63) is 35.9 Å². The van der Waals surface area contributed by atoms with Crippen LogP contribution in [0.3, 0.4) is 0 Å². The maximum absolute atomic E-state index is 7.13. The predicted octanol–water partition coefficient (Wildman–Crippen LogP) is 2.32. The number of anilines is 1. The van der Waals surface area contributed by atoms with Crippen LogP contribution in [0.5, 0.6) is 0 Å². The molecular weight excluding hydrogens is 148 g/mol. The molecule has 1 rings (SSSR count). The first kappa shape index (κ1) is 8.53. The molecule has 3 N–H and O–H groups in total. The van der Waals surface area contributed by atoms with Gasteiger partial charge in [0.05, 0.1) is 0 Å². The third-order valence-corrected chi connectivity index (χ3v) is 1.69. The van der Waals surface area contributed by atoms with Gasteiger partial charge in [0, 0.05) is 11.9 Å². The van der Waals surface area contributed by atoms with Gasteiger partial charge in [0.15, 0.2) is 0 Å². The first-order valence-electron chi connectivity index (χ1n) is 3.80. The minimum atomic E-state index is 0.730. The number of nitrogen functional groups attached to an aromatic ring is 1. The van der Waals surface area contributed by atoms with E-state index in [1.54, 1.807) is 0 Å². The summed E-state index contributed by atoms with van der Waals surface area (Å²) in [7, 11) is 0. The Balaban J connectivity index is 3.10. The summed E-state index contributed by atoms with van der Waals surface area (Å²) >= 11 is 0. The molecule has 1 aromatic rings. The summed E-state index contributed by atoms with van der Waals surface area (Å²) in [6, 6.07) is 7.52. The zero-order valence-electron chi connectivity index (χ0n) is 7.04. The SMILES string of the molecule is CC=C(C=N)c1cccc(N)c1. The Morgan fingerprint density at radius 2 is 2.25 bits per heavy atom. The zero-order valence-corrected chi connectivity index (χ0v) is 7.04. The van der Waals surface area contributed by atoms with Crippen molar-refractivity contribution in [3.63, 3.8) is 0 Å². The zero-order chi connectivity index (χ0) is 8.97. The largest absolute Gasteiger partial charge is 0.399 e. The van der Waals surface area contributed by atoms with Gasteiger partial charge in [0.1, 0.15) is 0 Å². The van der Waals surface area contributed by atoms with Crippen LogP contribution in [0.4, 0.5) is 5.69 Å². The third-order valence-electron chi connectivity index (χ3n) is 1.69. The van der Waals surface area contributed by atoms with E-state index in [0.717, 1.165) is 16.8 Å². The van der Waals surface area contributed by atoms with Gasteiger partial charge in [0.2, 0.25) is 0 Å². The molecule has 0 amide bonds. The summed E-state index contributed by atoms with van der Waals surface area (Å²) in [5.41, 5.74) is 8.22. The molecule has 12 heavy (non-hydrogen) atoms. The van der Waals surface area contributed by atoms with E-state index in [4.69, 9.17) is 11.1 Å². The topological polar surface area (TPSA) is 49.9 Å². The lowest BCUT2D eigenvalue weighted by Gasteiger charge is -2.00. The number of allylic oxidation sites excluding steroid dienone is 2. The minimum Gasteiger partial charge on any atom is -0.399 e. The molecule has 2 nitrogen and oxygen atoms in total. The Hall–Kier alpha value is -1.57. The maximum Gasteiger partial charge on any atom is 0.0320 e. The van der Waals surface area contributed by atoms with Crippen LogP contribution in [0.1, 0.15) is 12.5 Å². The second kappa shape index (κ2) is 3.72. The predicted molar refractivity (Wildman–Crippen MR) is 53.3 cm³/mol. The van der Waals surface area contributed by atoms with Crippen LogP contribution >= 0.6 is 0 Å². The van der Waals surface area contributed by atoms with E-state index in [1.807, 2.05) is 37.3 Å². The van der Waals surface area contributed by atoms with Crippen molar-refractivity contribution in [3.8, 4) is 0 Å². The van der Waals surface area contributed by atoms with Gasteiger partial charge in [-0.1, -0.05) is 18.2 Å². The van der Waals surface area contributed by atoms with E-state index in [0.29, 0.717) is 0 Å². The quantitative estimate of drug-likeness (QED) is 0.506. The van der Waals surface area contributed by atoms with Gasteiger partial charge in [-0.25, -0.2) is 0 Å². The highest BCUT2D eigenvalue weighted by atomic mass is 14.5. The molecule has 0 aromatic heterocycles. The van der Waals surface area contributed by atoms with Gasteiger partial charge >= 0.3 is 0 Å². The Bertz CT molecular complexity index is 313. The highest BCUT2D eigenvalue weighted by molar-refractivity contribution is 6.08. The van der Waals surface area contributed by atoms with Crippen molar-refractivity contribution >= 4 is 17.5 Å². The second-order valence-electron chi connectivity index (χ2n) is 2.51. The van der Waals surface area contributed by atoms with Gasteiger partial charge < -0.3 is 11.1 Å². The summed E-state index contributed by atoms with van der Waals surface area (Å²) in [4.78, 5) is 0. The number of hydrogen-bond acceptors (Lipinski definition) is 2. The first-order chi connectivity index (χ1) is 5.77. The molecule has 0 unspecified atom stereocenters. The number of hydrogen-bond donors (Lipinski definition) is 2. The molecule has 62 valence electrons. The molecule has 0 spiro atoms. The molecule has 0 fully saturated rings. The van der Waals surface area contributed by atoms with E-state index < -0.39 is 0 Å². The molecule has 2 heteroatoms. The normalized spacial score (nSPS) is 11.2. The third kappa shape index (κ3) is 1.72. The minimum absolute atomic E-state index is 0.730. The van der Waals surface area contributed by atoms with Crippen LogP contribution in [0.25, 0.3) is 5.57 Å². The van der Waals surface area contributed by atoms with Crippen molar-refractivity contribution in [1.29, 1.82) is 5.41 Å². The average molecular weight is 160 g/mol. The molecule has 1 aromatic carbocycles. The monoisotopic (exact) mass is 160 g/mol. The second-order valence-corrected chi connectivity index (χ2v) is 2.51. The van der Waals surface area contributed by atoms with Crippen LogP contribution < -0.4 is 5.73 Å². The molecule has 0 aliphatic rings. The van der Waals surface area contributed by atoms with E-state index >= 15 is 0 Å². The molecule has 0 heterocycles. The first-order valence-corrected chi connectivity index (χ1v) is 3.80. The fourth-order valence-corrected chi connectivity index (χ4v) is 1.05.